The highest BCUT2D eigenvalue weighted by Gasteiger charge is 2.29. The largest absolute Gasteiger partial charge is 0.432 e. The Bertz CT molecular complexity index is 357. The predicted molar refractivity (Wildman–Crippen MR) is 67.6 cm³/mol. The quantitative estimate of drug-likeness (QED) is 0.305. The van der Waals surface area contributed by atoms with E-state index < -0.39 is 13.6 Å². The third-order valence-electron chi connectivity index (χ3n) is 1.70. The molecule has 0 N–H and O–H groups in total. The fourth-order valence-corrected chi connectivity index (χ4v) is 2.17. The fraction of sp³-hybridized carbons (Fsp3) is 0.545. The molecule has 98 valence electrons. The molecule has 0 radical (unpaired) electrons. The Morgan fingerprint density at radius 2 is 1.88 bits per heavy atom. The van der Waals surface area contributed by atoms with Crippen LogP contribution in [0.15, 0.2) is 25.0 Å². The van der Waals surface area contributed by atoms with Crippen molar-refractivity contribution in [3.8, 4) is 0 Å². The van der Waals surface area contributed by atoms with E-state index in [2.05, 4.69) is 13.2 Å². The number of carbonyl (C=O) groups excluding carboxylic acids is 1. The Kier molecular flexibility index (Phi) is 5.66. The van der Waals surface area contributed by atoms with E-state index in [9.17, 15) is 9.36 Å². The van der Waals surface area contributed by atoms with Crippen LogP contribution in [0.25, 0.3) is 0 Å². The summed E-state index contributed by atoms with van der Waals surface area (Å²) in [6.07, 6.45) is 1.05. The maximum atomic E-state index is 12.1. The molecule has 6 heteroatoms. The lowest BCUT2D eigenvalue weighted by atomic mass is 10.5. The summed E-state index contributed by atoms with van der Waals surface area (Å²) in [6, 6.07) is 0. The molecular formula is C11H21NO4P+. The lowest BCUT2D eigenvalue weighted by Gasteiger charge is -2.26. The molecule has 0 rings (SSSR count). The molecule has 0 aromatic heterocycles. The van der Waals surface area contributed by atoms with Gasteiger partial charge < -0.3 is 13.5 Å². The van der Waals surface area contributed by atoms with Gasteiger partial charge in [-0.1, -0.05) is 20.1 Å². The van der Waals surface area contributed by atoms with Crippen LogP contribution in [0.3, 0.4) is 0 Å². The number of rotatable bonds is 7. The SMILES string of the molecule is C=CC(=O)OP(=O)(CC)OC(=C)C[N+](C)(C)C. The van der Waals surface area contributed by atoms with Crippen molar-refractivity contribution >= 4 is 13.6 Å². The van der Waals surface area contributed by atoms with Gasteiger partial charge in [-0.15, -0.1) is 0 Å². The average molecular weight is 262 g/mol. The predicted octanol–water partition coefficient (Wildman–Crippen LogP) is 2.17. The van der Waals surface area contributed by atoms with E-state index in [1.54, 1.807) is 6.92 Å². The summed E-state index contributed by atoms with van der Waals surface area (Å²) >= 11 is 0. The van der Waals surface area contributed by atoms with Crippen LogP contribution in [-0.2, 0) is 18.4 Å². The van der Waals surface area contributed by atoms with Crippen molar-refractivity contribution in [2.75, 3.05) is 33.8 Å². The average Bonchev–Trinajstić information content (AvgIpc) is 2.14. The van der Waals surface area contributed by atoms with Gasteiger partial charge >= 0.3 is 13.6 Å². The van der Waals surface area contributed by atoms with Crippen LogP contribution in [0.1, 0.15) is 6.92 Å². The van der Waals surface area contributed by atoms with Crippen LogP contribution in [0.4, 0.5) is 0 Å². The zero-order valence-corrected chi connectivity index (χ0v) is 11.8. The molecule has 0 fully saturated rings. The first-order valence-corrected chi connectivity index (χ1v) is 6.97. The van der Waals surface area contributed by atoms with Crippen LogP contribution >= 0.6 is 7.60 Å². The van der Waals surface area contributed by atoms with Crippen molar-refractivity contribution in [2.45, 2.75) is 6.92 Å². The Morgan fingerprint density at radius 1 is 1.35 bits per heavy atom. The third kappa shape index (κ3) is 6.97. The van der Waals surface area contributed by atoms with Crippen molar-refractivity contribution in [1.29, 1.82) is 0 Å². The first kappa shape index (κ1) is 15.9. The molecule has 0 amide bonds. The minimum atomic E-state index is -3.45. The minimum absolute atomic E-state index is 0.0999. The Hall–Kier alpha value is -1.06. The number of hydrogen-bond acceptors (Lipinski definition) is 4. The zero-order valence-electron chi connectivity index (χ0n) is 10.9. The minimum Gasteiger partial charge on any atom is -0.415 e. The van der Waals surface area contributed by atoms with E-state index in [4.69, 9.17) is 9.05 Å². The summed E-state index contributed by atoms with van der Waals surface area (Å²) in [5.74, 6) is -0.423. The molecule has 17 heavy (non-hydrogen) atoms. The summed E-state index contributed by atoms with van der Waals surface area (Å²) in [5, 5.41) is 0. The molecule has 0 aromatic carbocycles. The molecule has 0 aliphatic rings. The number of likely N-dealkylation sites (N-methyl/N-ethyl adjacent to an activating group) is 1. The van der Waals surface area contributed by atoms with E-state index >= 15 is 0 Å². The van der Waals surface area contributed by atoms with Crippen LogP contribution in [-0.4, -0.2) is 44.3 Å². The number of carbonyl (C=O) groups is 1. The molecule has 0 saturated carbocycles. The molecule has 0 heterocycles. The normalized spacial score (nSPS) is 14.6. The lowest BCUT2D eigenvalue weighted by molar-refractivity contribution is -0.866. The van der Waals surface area contributed by atoms with Crippen molar-refractivity contribution in [3.05, 3.63) is 25.0 Å². The third-order valence-corrected chi connectivity index (χ3v) is 3.47. The van der Waals surface area contributed by atoms with Gasteiger partial charge in [0.25, 0.3) is 0 Å². The van der Waals surface area contributed by atoms with E-state index in [-0.39, 0.29) is 6.16 Å². The Balaban J connectivity index is 4.59. The standard InChI is InChI=1S/C11H21NO4P/c1-7-11(13)16-17(14,8-2)15-10(3)9-12(4,5)6/h7H,1,3,8-9H2,2,4-6H3/q+1. The number of nitrogens with zero attached hydrogens (tertiary/aromatic N) is 1. The molecule has 1 atom stereocenters. The monoisotopic (exact) mass is 262 g/mol. The highest BCUT2D eigenvalue weighted by atomic mass is 31.2. The second kappa shape index (κ2) is 6.03. The van der Waals surface area contributed by atoms with Gasteiger partial charge in [0.05, 0.1) is 27.3 Å². The number of quaternary nitrogens is 1. The van der Waals surface area contributed by atoms with Gasteiger partial charge in [0.15, 0.2) is 5.76 Å². The topological polar surface area (TPSA) is 52.6 Å². The van der Waals surface area contributed by atoms with E-state index in [1.807, 2.05) is 21.1 Å². The van der Waals surface area contributed by atoms with Crippen molar-refractivity contribution in [2.24, 2.45) is 0 Å². The van der Waals surface area contributed by atoms with Crippen LogP contribution in [0.5, 0.6) is 0 Å². The van der Waals surface area contributed by atoms with E-state index in [0.29, 0.717) is 16.8 Å². The van der Waals surface area contributed by atoms with Gasteiger partial charge in [-0.2, -0.15) is 0 Å². The summed E-state index contributed by atoms with van der Waals surface area (Å²) in [4.78, 5) is 11.0. The van der Waals surface area contributed by atoms with Crippen molar-refractivity contribution in [3.63, 3.8) is 0 Å². The first-order valence-electron chi connectivity index (χ1n) is 5.25. The molecule has 5 nitrogen and oxygen atoms in total. The van der Waals surface area contributed by atoms with Gasteiger partial charge in [-0.05, 0) is 0 Å². The van der Waals surface area contributed by atoms with E-state index in [0.717, 1.165) is 6.08 Å². The molecule has 0 aliphatic carbocycles. The molecular weight excluding hydrogens is 241 g/mol. The zero-order chi connectivity index (χ0) is 13.7. The molecule has 0 saturated heterocycles. The van der Waals surface area contributed by atoms with Crippen molar-refractivity contribution in [1.82, 2.24) is 0 Å². The molecule has 0 aliphatic heterocycles. The number of hydrogen-bond donors (Lipinski definition) is 0. The Labute approximate surface area is 103 Å². The lowest BCUT2D eigenvalue weighted by Crippen LogP contribution is -2.36. The second-order valence-corrected chi connectivity index (χ2v) is 6.84. The van der Waals surface area contributed by atoms with Gasteiger partial charge in [-0.3, -0.25) is 0 Å². The molecule has 0 aromatic rings. The molecule has 0 bridgehead atoms. The molecule has 1 unspecified atom stereocenters. The highest BCUT2D eigenvalue weighted by molar-refractivity contribution is 7.54. The summed E-state index contributed by atoms with van der Waals surface area (Å²) in [7, 11) is 2.39. The van der Waals surface area contributed by atoms with Gasteiger partial charge in [-0.25, -0.2) is 9.36 Å². The maximum absolute atomic E-state index is 12.1. The maximum Gasteiger partial charge on any atom is 0.432 e. The second-order valence-electron chi connectivity index (χ2n) is 4.62. The first-order chi connectivity index (χ1) is 7.62. The van der Waals surface area contributed by atoms with Crippen molar-refractivity contribution < 1.29 is 22.9 Å². The summed E-state index contributed by atoms with van der Waals surface area (Å²) in [5.41, 5.74) is 0. The smallest absolute Gasteiger partial charge is 0.415 e. The van der Waals surface area contributed by atoms with Crippen LogP contribution in [0, 0.1) is 0 Å². The molecule has 0 spiro atoms. The van der Waals surface area contributed by atoms with E-state index in [1.165, 1.54) is 0 Å². The fourth-order valence-electron chi connectivity index (χ4n) is 1.08. The van der Waals surface area contributed by atoms with Crippen LogP contribution < -0.4 is 0 Å². The Morgan fingerprint density at radius 3 is 2.24 bits per heavy atom. The van der Waals surface area contributed by atoms with Gasteiger partial charge in [0, 0.05) is 6.08 Å². The summed E-state index contributed by atoms with van der Waals surface area (Å²) in [6.45, 7) is 9.02. The van der Waals surface area contributed by atoms with Gasteiger partial charge in [0.2, 0.25) is 0 Å². The van der Waals surface area contributed by atoms with Gasteiger partial charge in [0.1, 0.15) is 6.54 Å². The van der Waals surface area contributed by atoms with Crippen LogP contribution in [0.2, 0.25) is 0 Å². The summed E-state index contributed by atoms with van der Waals surface area (Å²) < 4.78 is 22.6. The highest BCUT2D eigenvalue weighted by Crippen LogP contribution is 2.49.